The molecule has 0 radical (unpaired) electrons. The number of aliphatic imine (C=N–C) groups is 1. The Morgan fingerprint density at radius 3 is 2.68 bits per heavy atom. The van der Waals surface area contributed by atoms with Gasteiger partial charge in [0.05, 0.1) is 6.61 Å². The van der Waals surface area contributed by atoms with Gasteiger partial charge in [-0.1, -0.05) is 32.0 Å². The zero-order valence-corrected chi connectivity index (χ0v) is 14.1. The molecule has 122 valence electrons. The van der Waals surface area contributed by atoms with Crippen molar-refractivity contribution in [2.24, 2.45) is 10.4 Å². The molecule has 0 atom stereocenters. The van der Waals surface area contributed by atoms with Crippen molar-refractivity contribution >= 4 is 5.96 Å². The van der Waals surface area contributed by atoms with Gasteiger partial charge in [-0.05, 0) is 36.8 Å². The van der Waals surface area contributed by atoms with E-state index in [4.69, 9.17) is 4.74 Å². The molecule has 0 aliphatic carbocycles. The van der Waals surface area contributed by atoms with E-state index in [2.05, 4.69) is 29.1 Å². The molecule has 4 heteroatoms. The van der Waals surface area contributed by atoms with E-state index in [9.17, 15) is 0 Å². The number of hydrogen-bond acceptors (Lipinski definition) is 2. The van der Waals surface area contributed by atoms with Gasteiger partial charge in [-0.25, -0.2) is 0 Å². The van der Waals surface area contributed by atoms with E-state index in [0.29, 0.717) is 5.41 Å². The summed E-state index contributed by atoms with van der Waals surface area (Å²) in [4.78, 5) is 6.76. The number of guanidine groups is 1. The van der Waals surface area contributed by atoms with Crippen molar-refractivity contribution in [3.63, 3.8) is 0 Å². The fourth-order valence-electron chi connectivity index (χ4n) is 2.76. The Bertz CT molecular complexity index is 470. The van der Waals surface area contributed by atoms with Gasteiger partial charge in [0.1, 0.15) is 5.75 Å². The summed E-state index contributed by atoms with van der Waals surface area (Å²) in [5.74, 6) is 1.99. The van der Waals surface area contributed by atoms with E-state index in [0.717, 1.165) is 50.8 Å². The Morgan fingerprint density at radius 1 is 1.27 bits per heavy atom. The lowest BCUT2D eigenvalue weighted by Crippen LogP contribution is -2.41. The zero-order chi connectivity index (χ0) is 15.8. The van der Waals surface area contributed by atoms with Crippen LogP contribution in [-0.2, 0) is 0 Å². The molecule has 1 fully saturated rings. The average molecular weight is 303 g/mol. The van der Waals surface area contributed by atoms with Crippen molar-refractivity contribution in [2.75, 3.05) is 33.3 Å². The molecule has 4 nitrogen and oxygen atoms in total. The fraction of sp³-hybridized carbons (Fsp3) is 0.611. The topological polar surface area (TPSA) is 36.9 Å². The van der Waals surface area contributed by atoms with Crippen molar-refractivity contribution < 1.29 is 4.74 Å². The SMILES string of the molecule is CN=C(NCCCCOc1ccccc1)N1CCC(C)(C)C1. The summed E-state index contributed by atoms with van der Waals surface area (Å²) in [7, 11) is 1.87. The Morgan fingerprint density at radius 2 is 2.05 bits per heavy atom. The lowest BCUT2D eigenvalue weighted by molar-refractivity contribution is 0.306. The zero-order valence-electron chi connectivity index (χ0n) is 14.1. The molecule has 0 spiro atoms. The van der Waals surface area contributed by atoms with Crippen LogP contribution in [0.15, 0.2) is 35.3 Å². The molecule has 0 bridgehead atoms. The quantitative estimate of drug-likeness (QED) is 0.498. The van der Waals surface area contributed by atoms with Gasteiger partial charge in [-0.3, -0.25) is 4.99 Å². The van der Waals surface area contributed by atoms with Crippen LogP contribution in [0.3, 0.4) is 0 Å². The third-order valence-electron chi connectivity index (χ3n) is 4.05. The molecule has 0 saturated carbocycles. The maximum atomic E-state index is 5.70. The maximum Gasteiger partial charge on any atom is 0.193 e. The minimum atomic E-state index is 0.404. The van der Waals surface area contributed by atoms with Gasteiger partial charge in [-0.2, -0.15) is 0 Å². The molecule has 22 heavy (non-hydrogen) atoms. The van der Waals surface area contributed by atoms with Crippen molar-refractivity contribution in [2.45, 2.75) is 33.1 Å². The first kappa shape index (κ1) is 16.7. The molecule has 1 N–H and O–H groups in total. The van der Waals surface area contributed by atoms with Gasteiger partial charge in [0.2, 0.25) is 0 Å². The van der Waals surface area contributed by atoms with Crippen LogP contribution in [0, 0.1) is 5.41 Å². The molecule has 1 aliphatic rings. The largest absolute Gasteiger partial charge is 0.494 e. The minimum absolute atomic E-state index is 0.404. The van der Waals surface area contributed by atoms with E-state index in [1.54, 1.807) is 0 Å². The molecule has 1 heterocycles. The average Bonchev–Trinajstić information content (AvgIpc) is 2.87. The van der Waals surface area contributed by atoms with Gasteiger partial charge in [0.15, 0.2) is 5.96 Å². The van der Waals surface area contributed by atoms with E-state index >= 15 is 0 Å². The van der Waals surface area contributed by atoms with E-state index < -0.39 is 0 Å². The lowest BCUT2D eigenvalue weighted by Gasteiger charge is -2.23. The Labute approximate surface area is 134 Å². The molecule has 0 amide bonds. The van der Waals surface area contributed by atoms with Gasteiger partial charge in [0.25, 0.3) is 0 Å². The fourth-order valence-corrected chi connectivity index (χ4v) is 2.76. The molecule has 2 rings (SSSR count). The van der Waals surface area contributed by atoms with Crippen LogP contribution in [0.5, 0.6) is 5.75 Å². The molecule has 1 saturated heterocycles. The summed E-state index contributed by atoms with van der Waals surface area (Å²) in [6, 6.07) is 9.99. The predicted octanol–water partition coefficient (Wildman–Crippen LogP) is 3.15. The Hall–Kier alpha value is -1.71. The number of nitrogens with one attached hydrogen (secondary N) is 1. The summed E-state index contributed by atoms with van der Waals surface area (Å²) in [6.45, 7) is 8.54. The first-order valence-corrected chi connectivity index (χ1v) is 8.24. The second-order valence-corrected chi connectivity index (χ2v) is 6.68. The van der Waals surface area contributed by atoms with Crippen LogP contribution in [-0.4, -0.2) is 44.1 Å². The molecular formula is C18H29N3O. The summed E-state index contributed by atoms with van der Waals surface area (Å²) < 4.78 is 5.70. The highest BCUT2D eigenvalue weighted by Gasteiger charge is 2.30. The highest BCUT2D eigenvalue weighted by Crippen LogP contribution is 2.28. The molecular weight excluding hydrogens is 274 g/mol. The molecule has 1 aliphatic heterocycles. The van der Waals surface area contributed by atoms with E-state index in [1.807, 2.05) is 37.4 Å². The summed E-state index contributed by atoms with van der Waals surface area (Å²) in [6.07, 6.45) is 3.37. The molecule has 0 aromatic heterocycles. The van der Waals surface area contributed by atoms with Crippen molar-refractivity contribution in [3.05, 3.63) is 30.3 Å². The highest BCUT2D eigenvalue weighted by molar-refractivity contribution is 5.80. The van der Waals surface area contributed by atoms with Crippen molar-refractivity contribution in [3.8, 4) is 5.75 Å². The second kappa shape index (κ2) is 8.06. The number of unbranched alkanes of at least 4 members (excludes halogenated alkanes) is 1. The molecule has 1 aromatic rings. The smallest absolute Gasteiger partial charge is 0.193 e. The Balaban J connectivity index is 1.59. The first-order valence-electron chi connectivity index (χ1n) is 8.24. The highest BCUT2D eigenvalue weighted by atomic mass is 16.5. The third-order valence-corrected chi connectivity index (χ3v) is 4.05. The minimum Gasteiger partial charge on any atom is -0.494 e. The number of rotatable bonds is 6. The Kier molecular flexibility index (Phi) is 6.10. The summed E-state index contributed by atoms with van der Waals surface area (Å²) in [5, 5.41) is 3.47. The van der Waals surface area contributed by atoms with Crippen LogP contribution in [0.4, 0.5) is 0 Å². The number of nitrogens with zero attached hydrogens (tertiary/aromatic N) is 2. The monoisotopic (exact) mass is 303 g/mol. The van der Waals surface area contributed by atoms with Crippen LogP contribution in [0.2, 0.25) is 0 Å². The van der Waals surface area contributed by atoms with Crippen LogP contribution in [0.1, 0.15) is 33.1 Å². The van der Waals surface area contributed by atoms with Crippen LogP contribution >= 0.6 is 0 Å². The summed E-state index contributed by atoms with van der Waals surface area (Å²) >= 11 is 0. The third kappa shape index (κ3) is 5.24. The van der Waals surface area contributed by atoms with Gasteiger partial charge in [0, 0.05) is 26.7 Å². The standard InChI is InChI=1S/C18H29N3O/c1-18(2)11-13-21(15-18)17(19-3)20-12-7-8-14-22-16-9-5-4-6-10-16/h4-6,9-10H,7-8,11-15H2,1-3H3,(H,19,20). The second-order valence-electron chi connectivity index (χ2n) is 6.68. The van der Waals surface area contributed by atoms with Gasteiger partial charge >= 0.3 is 0 Å². The van der Waals surface area contributed by atoms with Gasteiger partial charge < -0.3 is 15.0 Å². The van der Waals surface area contributed by atoms with E-state index in [-0.39, 0.29) is 0 Å². The molecule has 1 aromatic carbocycles. The van der Waals surface area contributed by atoms with Crippen molar-refractivity contribution in [1.29, 1.82) is 0 Å². The number of benzene rings is 1. The summed E-state index contributed by atoms with van der Waals surface area (Å²) in [5.41, 5.74) is 0.404. The van der Waals surface area contributed by atoms with Crippen LogP contribution < -0.4 is 10.1 Å². The lowest BCUT2D eigenvalue weighted by atomic mass is 9.93. The number of hydrogen-bond donors (Lipinski definition) is 1. The number of para-hydroxylation sites is 1. The van der Waals surface area contributed by atoms with Crippen molar-refractivity contribution in [1.82, 2.24) is 10.2 Å². The predicted molar refractivity (Wildman–Crippen MR) is 92.5 cm³/mol. The normalized spacial score (nSPS) is 17.6. The molecule has 0 unspecified atom stereocenters. The van der Waals surface area contributed by atoms with Crippen LogP contribution in [0.25, 0.3) is 0 Å². The van der Waals surface area contributed by atoms with Gasteiger partial charge in [-0.15, -0.1) is 0 Å². The number of ether oxygens (including phenoxy) is 1. The van der Waals surface area contributed by atoms with E-state index in [1.165, 1.54) is 6.42 Å². The number of likely N-dealkylation sites (tertiary alicyclic amines) is 1. The maximum absolute atomic E-state index is 5.70. The first-order chi connectivity index (χ1) is 10.6.